The maximum absolute atomic E-state index is 9.24. The summed E-state index contributed by atoms with van der Waals surface area (Å²) in [4.78, 5) is 0. The van der Waals surface area contributed by atoms with Crippen molar-refractivity contribution in [3.63, 3.8) is 0 Å². The molecular weight excluding hydrogens is 148 g/mol. The number of aliphatic hydroxyl groups is 4. The van der Waals surface area contributed by atoms with Crippen LogP contribution in [0.25, 0.3) is 0 Å². The van der Waals surface area contributed by atoms with E-state index in [4.69, 9.17) is 15.3 Å². The van der Waals surface area contributed by atoms with Crippen LogP contribution in [0.2, 0.25) is 0 Å². The molecule has 1 fully saturated rings. The van der Waals surface area contributed by atoms with E-state index in [1.165, 1.54) is 0 Å². The average molecular weight is 162 g/mol. The summed E-state index contributed by atoms with van der Waals surface area (Å²) in [5.41, 5.74) is 0. The fourth-order valence-electron chi connectivity index (χ4n) is 1.43. The summed E-state index contributed by atoms with van der Waals surface area (Å²) in [6.07, 6.45) is -1.91. The van der Waals surface area contributed by atoms with Crippen molar-refractivity contribution >= 4 is 0 Å². The summed E-state index contributed by atoms with van der Waals surface area (Å²) in [6, 6.07) is 0. The zero-order valence-corrected chi connectivity index (χ0v) is 6.22. The van der Waals surface area contributed by atoms with Gasteiger partial charge in [0, 0.05) is 12.5 Å². The Labute approximate surface area is 65.1 Å². The lowest BCUT2D eigenvalue weighted by atomic mass is 9.83. The topological polar surface area (TPSA) is 80.9 Å². The molecule has 0 bridgehead atoms. The van der Waals surface area contributed by atoms with E-state index < -0.39 is 18.3 Å². The fraction of sp³-hybridized carbons (Fsp3) is 1.00. The Kier molecular flexibility index (Phi) is 2.84. The van der Waals surface area contributed by atoms with E-state index in [0.717, 1.165) is 0 Å². The molecule has 1 aliphatic carbocycles. The average Bonchev–Trinajstić information content (AvgIpc) is 2.01. The van der Waals surface area contributed by atoms with Gasteiger partial charge in [-0.3, -0.25) is 0 Å². The van der Waals surface area contributed by atoms with Crippen LogP contribution >= 0.6 is 0 Å². The van der Waals surface area contributed by atoms with Gasteiger partial charge in [-0.05, 0) is 12.8 Å². The van der Waals surface area contributed by atoms with Crippen molar-refractivity contribution in [3.8, 4) is 0 Å². The molecule has 0 aromatic carbocycles. The van der Waals surface area contributed by atoms with Crippen molar-refractivity contribution in [2.45, 2.75) is 31.2 Å². The third-order valence-electron chi connectivity index (χ3n) is 2.29. The van der Waals surface area contributed by atoms with E-state index in [1.54, 1.807) is 0 Å². The van der Waals surface area contributed by atoms with E-state index in [2.05, 4.69) is 0 Å². The van der Waals surface area contributed by atoms with Gasteiger partial charge in [0.2, 0.25) is 0 Å². The van der Waals surface area contributed by atoms with Gasteiger partial charge < -0.3 is 20.4 Å². The van der Waals surface area contributed by atoms with Gasteiger partial charge >= 0.3 is 0 Å². The monoisotopic (exact) mass is 162 g/mol. The third kappa shape index (κ3) is 1.70. The molecule has 4 atom stereocenters. The first-order chi connectivity index (χ1) is 5.16. The van der Waals surface area contributed by atoms with Gasteiger partial charge in [-0.2, -0.15) is 0 Å². The van der Waals surface area contributed by atoms with Crippen LogP contribution in [-0.4, -0.2) is 45.3 Å². The molecule has 0 heterocycles. The summed E-state index contributed by atoms with van der Waals surface area (Å²) in [5.74, 6) is -0.284. The van der Waals surface area contributed by atoms with Crippen LogP contribution in [0.4, 0.5) is 0 Å². The highest BCUT2D eigenvalue weighted by atomic mass is 16.4. The second kappa shape index (κ2) is 3.49. The Morgan fingerprint density at radius 3 is 2.18 bits per heavy atom. The summed E-state index contributed by atoms with van der Waals surface area (Å²) in [5, 5.41) is 36.2. The number of rotatable bonds is 1. The minimum absolute atomic E-state index is 0.134. The summed E-state index contributed by atoms with van der Waals surface area (Å²) in [6.45, 7) is -0.134. The Bertz CT molecular complexity index is 126. The first-order valence-corrected chi connectivity index (χ1v) is 3.82. The molecule has 0 aromatic heterocycles. The minimum atomic E-state index is -1.10. The highest BCUT2D eigenvalue weighted by molar-refractivity contribution is 4.86. The van der Waals surface area contributed by atoms with Crippen molar-refractivity contribution in [2.75, 3.05) is 6.61 Å². The number of aliphatic hydroxyl groups excluding tert-OH is 4. The largest absolute Gasteiger partial charge is 0.396 e. The van der Waals surface area contributed by atoms with E-state index in [9.17, 15) is 5.11 Å². The van der Waals surface area contributed by atoms with Gasteiger partial charge in [-0.25, -0.2) is 0 Å². The van der Waals surface area contributed by atoms with Crippen LogP contribution in [0, 0.1) is 5.92 Å². The lowest BCUT2D eigenvalue weighted by molar-refractivity contribution is -0.118. The molecule has 1 saturated carbocycles. The Balaban J connectivity index is 2.52. The van der Waals surface area contributed by atoms with Crippen LogP contribution in [0.3, 0.4) is 0 Å². The molecule has 11 heavy (non-hydrogen) atoms. The smallest absolute Gasteiger partial charge is 0.106 e. The number of hydrogen-bond donors (Lipinski definition) is 4. The van der Waals surface area contributed by atoms with Gasteiger partial charge in [-0.1, -0.05) is 0 Å². The van der Waals surface area contributed by atoms with Gasteiger partial charge in [0.15, 0.2) is 0 Å². The van der Waals surface area contributed by atoms with Gasteiger partial charge in [0.1, 0.15) is 6.10 Å². The van der Waals surface area contributed by atoms with Gasteiger partial charge in [0.25, 0.3) is 0 Å². The van der Waals surface area contributed by atoms with Crippen LogP contribution < -0.4 is 0 Å². The predicted octanol–water partition coefficient (Wildman–Crippen LogP) is -1.53. The summed E-state index contributed by atoms with van der Waals surface area (Å²) >= 11 is 0. The summed E-state index contributed by atoms with van der Waals surface area (Å²) in [7, 11) is 0. The predicted molar refractivity (Wildman–Crippen MR) is 37.8 cm³/mol. The SMILES string of the molecule is OCC1CCC(O)[C@H](O)[C@H]1O. The third-order valence-corrected chi connectivity index (χ3v) is 2.29. The van der Waals surface area contributed by atoms with Crippen molar-refractivity contribution in [2.24, 2.45) is 5.92 Å². The van der Waals surface area contributed by atoms with Crippen molar-refractivity contribution in [3.05, 3.63) is 0 Å². The molecule has 0 aromatic rings. The van der Waals surface area contributed by atoms with Crippen molar-refractivity contribution in [1.29, 1.82) is 0 Å². The molecule has 4 N–H and O–H groups in total. The van der Waals surface area contributed by atoms with E-state index in [0.29, 0.717) is 12.8 Å². The second-order valence-corrected chi connectivity index (χ2v) is 3.07. The second-order valence-electron chi connectivity index (χ2n) is 3.07. The van der Waals surface area contributed by atoms with E-state index in [-0.39, 0.29) is 12.5 Å². The van der Waals surface area contributed by atoms with Crippen molar-refractivity contribution < 1.29 is 20.4 Å². The molecule has 0 saturated heterocycles. The molecule has 4 heteroatoms. The first-order valence-electron chi connectivity index (χ1n) is 3.82. The molecule has 0 aliphatic heterocycles. The van der Waals surface area contributed by atoms with Crippen LogP contribution in [-0.2, 0) is 0 Å². The summed E-state index contributed by atoms with van der Waals surface area (Å²) < 4.78 is 0. The van der Waals surface area contributed by atoms with Crippen LogP contribution in [0.5, 0.6) is 0 Å². The van der Waals surface area contributed by atoms with Crippen LogP contribution in [0.15, 0.2) is 0 Å². The molecule has 1 rings (SSSR count). The molecule has 0 amide bonds. The van der Waals surface area contributed by atoms with Crippen LogP contribution in [0.1, 0.15) is 12.8 Å². The first kappa shape index (κ1) is 8.93. The number of hydrogen-bond acceptors (Lipinski definition) is 4. The Morgan fingerprint density at radius 1 is 1.00 bits per heavy atom. The normalized spacial score (nSPS) is 45.8. The zero-order chi connectivity index (χ0) is 8.43. The Hall–Kier alpha value is -0.160. The standard InChI is InChI=1S/C7H14O4/c8-3-4-1-2-5(9)7(11)6(4)10/h4-11H,1-3H2/t4?,5?,6-,7-/m0/s1. The minimum Gasteiger partial charge on any atom is -0.396 e. The zero-order valence-electron chi connectivity index (χ0n) is 6.22. The molecule has 0 radical (unpaired) electrons. The molecular formula is C7H14O4. The quantitative estimate of drug-likeness (QED) is 0.377. The van der Waals surface area contributed by atoms with E-state index >= 15 is 0 Å². The molecule has 1 aliphatic rings. The molecule has 2 unspecified atom stereocenters. The van der Waals surface area contributed by atoms with Gasteiger partial charge in [-0.15, -0.1) is 0 Å². The lowest BCUT2D eigenvalue weighted by Gasteiger charge is -2.33. The van der Waals surface area contributed by atoms with Crippen molar-refractivity contribution in [1.82, 2.24) is 0 Å². The highest BCUT2D eigenvalue weighted by Gasteiger charge is 2.35. The van der Waals surface area contributed by atoms with Gasteiger partial charge in [0.05, 0.1) is 12.2 Å². The lowest BCUT2D eigenvalue weighted by Crippen LogP contribution is -2.47. The molecule has 4 nitrogen and oxygen atoms in total. The van der Waals surface area contributed by atoms with E-state index in [1.807, 2.05) is 0 Å². The molecule has 0 spiro atoms. The maximum Gasteiger partial charge on any atom is 0.106 e. The highest BCUT2D eigenvalue weighted by Crippen LogP contribution is 2.24. The fourth-order valence-corrected chi connectivity index (χ4v) is 1.43. The maximum atomic E-state index is 9.24. The Morgan fingerprint density at radius 2 is 1.64 bits per heavy atom. The molecule has 66 valence electrons.